The number of halogens is 2. The minimum atomic E-state index is -0.369. The molecule has 1 nitrogen and oxygen atoms in total. The summed E-state index contributed by atoms with van der Waals surface area (Å²) in [4.78, 5) is 2.58. The van der Waals surface area contributed by atoms with Gasteiger partial charge in [0.25, 0.3) is 0 Å². The largest absolute Gasteiger partial charge is 0.303 e. The molecule has 0 aromatic carbocycles. The van der Waals surface area contributed by atoms with E-state index in [1.165, 1.54) is 51.7 Å². The first kappa shape index (κ1) is 11.0. The standard InChI is InChI=1S/C11H19Cl2N/c12-11(13)9-10(11)5-8-14-6-3-1-2-4-7-14/h10H,1-9H2. The van der Waals surface area contributed by atoms with E-state index in [-0.39, 0.29) is 4.33 Å². The fraction of sp³-hybridized carbons (Fsp3) is 1.00. The third-order valence-corrected chi connectivity index (χ3v) is 4.37. The van der Waals surface area contributed by atoms with Gasteiger partial charge in [-0.3, -0.25) is 0 Å². The first-order chi connectivity index (χ1) is 6.68. The summed E-state index contributed by atoms with van der Waals surface area (Å²) < 4.78 is -0.369. The Hall–Kier alpha value is 0.540. The van der Waals surface area contributed by atoms with Crippen LogP contribution in [0.2, 0.25) is 0 Å². The molecule has 0 aromatic rings. The molecule has 1 saturated carbocycles. The fourth-order valence-corrected chi connectivity index (χ4v) is 2.87. The first-order valence-electron chi connectivity index (χ1n) is 5.79. The molecule has 2 fully saturated rings. The molecule has 1 saturated heterocycles. The van der Waals surface area contributed by atoms with Crippen molar-refractivity contribution in [2.45, 2.75) is 42.9 Å². The summed E-state index contributed by atoms with van der Waals surface area (Å²) >= 11 is 12.0. The first-order valence-corrected chi connectivity index (χ1v) is 6.54. The van der Waals surface area contributed by atoms with E-state index in [4.69, 9.17) is 23.2 Å². The molecule has 14 heavy (non-hydrogen) atoms. The van der Waals surface area contributed by atoms with Gasteiger partial charge in [0.05, 0.1) is 0 Å². The lowest BCUT2D eigenvalue weighted by atomic mass is 10.2. The zero-order valence-electron chi connectivity index (χ0n) is 8.64. The lowest BCUT2D eigenvalue weighted by Crippen LogP contribution is -2.26. The Labute approximate surface area is 96.7 Å². The summed E-state index contributed by atoms with van der Waals surface area (Å²) in [5.74, 6) is 0.564. The summed E-state index contributed by atoms with van der Waals surface area (Å²) in [6.45, 7) is 3.76. The lowest BCUT2D eigenvalue weighted by Gasteiger charge is -2.19. The van der Waals surface area contributed by atoms with Gasteiger partial charge in [0.2, 0.25) is 0 Å². The zero-order chi connectivity index (χ0) is 10.0. The van der Waals surface area contributed by atoms with Crippen molar-refractivity contribution in [3.63, 3.8) is 0 Å². The van der Waals surface area contributed by atoms with Crippen molar-refractivity contribution in [3.8, 4) is 0 Å². The number of nitrogens with zero attached hydrogens (tertiary/aromatic N) is 1. The van der Waals surface area contributed by atoms with E-state index in [0.717, 1.165) is 6.42 Å². The van der Waals surface area contributed by atoms with E-state index in [0.29, 0.717) is 5.92 Å². The van der Waals surface area contributed by atoms with E-state index in [9.17, 15) is 0 Å². The van der Waals surface area contributed by atoms with Gasteiger partial charge in [-0.2, -0.15) is 0 Å². The Kier molecular flexibility index (Phi) is 3.62. The second-order valence-electron chi connectivity index (χ2n) is 4.71. The third-order valence-electron chi connectivity index (χ3n) is 3.45. The monoisotopic (exact) mass is 235 g/mol. The minimum Gasteiger partial charge on any atom is -0.303 e. The van der Waals surface area contributed by atoms with Crippen LogP contribution in [0.15, 0.2) is 0 Å². The van der Waals surface area contributed by atoms with Crippen molar-refractivity contribution >= 4 is 23.2 Å². The van der Waals surface area contributed by atoms with Crippen LogP contribution in [0.25, 0.3) is 0 Å². The smallest absolute Gasteiger partial charge is 0.121 e. The van der Waals surface area contributed by atoms with Gasteiger partial charge >= 0.3 is 0 Å². The Morgan fingerprint density at radius 3 is 2.14 bits per heavy atom. The van der Waals surface area contributed by atoms with Gasteiger partial charge in [0.15, 0.2) is 0 Å². The normalized spacial score (nSPS) is 32.6. The van der Waals surface area contributed by atoms with Crippen molar-refractivity contribution in [1.29, 1.82) is 0 Å². The van der Waals surface area contributed by atoms with E-state index in [1.54, 1.807) is 0 Å². The number of rotatable bonds is 3. The second-order valence-corrected chi connectivity index (χ2v) is 6.25. The van der Waals surface area contributed by atoms with Crippen LogP contribution in [0.3, 0.4) is 0 Å². The molecule has 0 spiro atoms. The van der Waals surface area contributed by atoms with Crippen LogP contribution in [-0.2, 0) is 0 Å². The average molecular weight is 236 g/mol. The maximum absolute atomic E-state index is 6.00. The molecule has 1 atom stereocenters. The van der Waals surface area contributed by atoms with Crippen molar-refractivity contribution in [1.82, 2.24) is 4.90 Å². The molecule has 1 heterocycles. The maximum atomic E-state index is 6.00. The van der Waals surface area contributed by atoms with E-state index < -0.39 is 0 Å². The predicted molar refractivity (Wildman–Crippen MR) is 62.1 cm³/mol. The predicted octanol–water partition coefficient (Wildman–Crippen LogP) is 3.45. The Morgan fingerprint density at radius 1 is 1.07 bits per heavy atom. The third kappa shape index (κ3) is 3.01. The molecule has 2 rings (SSSR count). The molecule has 0 aromatic heterocycles. The summed E-state index contributed by atoms with van der Waals surface area (Å²) in [5, 5.41) is 0. The van der Waals surface area contributed by atoms with Crippen LogP contribution in [0.1, 0.15) is 38.5 Å². The summed E-state index contributed by atoms with van der Waals surface area (Å²) in [5.41, 5.74) is 0. The Morgan fingerprint density at radius 2 is 1.64 bits per heavy atom. The maximum Gasteiger partial charge on any atom is 0.121 e. The summed E-state index contributed by atoms with van der Waals surface area (Å²) in [6.07, 6.45) is 7.76. The zero-order valence-corrected chi connectivity index (χ0v) is 10.2. The van der Waals surface area contributed by atoms with Crippen LogP contribution in [0.4, 0.5) is 0 Å². The molecule has 1 unspecified atom stereocenters. The molecule has 1 aliphatic heterocycles. The fourth-order valence-electron chi connectivity index (χ4n) is 2.28. The molecule has 0 N–H and O–H groups in total. The van der Waals surface area contributed by atoms with Gasteiger partial charge in [-0.1, -0.05) is 12.8 Å². The quantitative estimate of drug-likeness (QED) is 0.678. The Balaban J connectivity index is 1.65. The average Bonchev–Trinajstić information content (AvgIpc) is 2.81. The van der Waals surface area contributed by atoms with Crippen molar-refractivity contribution in [2.75, 3.05) is 19.6 Å². The minimum absolute atomic E-state index is 0.369. The number of likely N-dealkylation sites (tertiary alicyclic amines) is 1. The lowest BCUT2D eigenvalue weighted by molar-refractivity contribution is 0.276. The number of hydrogen-bond acceptors (Lipinski definition) is 1. The highest BCUT2D eigenvalue weighted by Gasteiger charge is 2.50. The molecular formula is C11H19Cl2N. The van der Waals surface area contributed by atoms with Gasteiger partial charge in [-0.15, -0.1) is 23.2 Å². The van der Waals surface area contributed by atoms with Gasteiger partial charge in [0, 0.05) is 0 Å². The molecule has 2 aliphatic rings. The highest BCUT2D eigenvalue weighted by atomic mass is 35.5. The van der Waals surface area contributed by atoms with Crippen molar-refractivity contribution in [3.05, 3.63) is 0 Å². The van der Waals surface area contributed by atoms with Gasteiger partial charge in [-0.25, -0.2) is 0 Å². The van der Waals surface area contributed by atoms with Crippen LogP contribution < -0.4 is 0 Å². The van der Waals surface area contributed by atoms with Crippen LogP contribution in [0, 0.1) is 5.92 Å². The molecule has 0 amide bonds. The molecule has 0 bridgehead atoms. The highest BCUT2D eigenvalue weighted by Crippen LogP contribution is 2.54. The Bertz CT molecular complexity index is 186. The number of alkyl halides is 2. The second kappa shape index (κ2) is 4.59. The van der Waals surface area contributed by atoms with E-state index in [2.05, 4.69) is 4.90 Å². The van der Waals surface area contributed by atoms with Crippen molar-refractivity contribution in [2.24, 2.45) is 5.92 Å². The van der Waals surface area contributed by atoms with Crippen molar-refractivity contribution < 1.29 is 0 Å². The molecule has 0 radical (unpaired) electrons. The number of hydrogen-bond donors (Lipinski definition) is 0. The topological polar surface area (TPSA) is 3.24 Å². The molecule has 3 heteroatoms. The molecule has 1 aliphatic carbocycles. The summed E-state index contributed by atoms with van der Waals surface area (Å²) in [6, 6.07) is 0. The van der Waals surface area contributed by atoms with Crippen LogP contribution in [-0.4, -0.2) is 28.9 Å². The van der Waals surface area contributed by atoms with Gasteiger partial charge in [0.1, 0.15) is 4.33 Å². The molecule has 82 valence electrons. The summed E-state index contributed by atoms with van der Waals surface area (Å²) in [7, 11) is 0. The van der Waals surface area contributed by atoms with Crippen LogP contribution >= 0.6 is 23.2 Å². The van der Waals surface area contributed by atoms with E-state index in [1.807, 2.05) is 0 Å². The van der Waals surface area contributed by atoms with Gasteiger partial charge in [-0.05, 0) is 51.2 Å². The SMILES string of the molecule is ClC1(Cl)CC1CCN1CCCCCC1. The molecular weight excluding hydrogens is 217 g/mol. The van der Waals surface area contributed by atoms with Gasteiger partial charge < -0.3 is 4.90 Å². The highest BCUT2D eigenvalue weighted by molar-refractivity contribution is 6.50. The van der Waals surface area contributed by atoms with Crippen LogP contribution in [0.5, 0.6) is 0 Å². The van der Waals surface area contributed by atoms with E-state index >= 15 is 0 Å².